The largest absolute Gasteiger partial charge is 0.383 e. The van der Waals surface area contributed by atoms with Gasteiger partial charge in [0, 0.05) is 20.0 Å². The van der Waals surface area contributed by atoms with Gasteiger partial charge in [-0.3, -0.25) is 4.79 Å². The molecule has 4 heteroatoms. The van der Waals surface area contributed by atoms with Crippen molar-refractivity contribution in [2.45, 2.75) is 13.3 Å². The Hall–Kier alpha value is -1.22. The van der Waals surface area contributed by atoms with E-state index in [4.69, 9.17) is 11.6 Å². The van der Waals surface area contributed by atoms with Crippen molar-refractivity contribution in [3.8, 4) is 0 Å². The summed E-state index contributed by atoms with van der Waals surface area (Å²) in [5.74, 6) is 0.0352. The van der Waals surface area contributed by atoms with Gasteiger partial charge in [-0.2, -0.15) is 0 Å². The highest BCUT2D eigenvalue weighted by Gasteiger charge is 2.20. The SMILES string of the molecule is CC(=O)N1CCCNc2cccc(Cl)c21. The molecule has 3 nitrogen and oxygen atoms in total. The number of para-hydroxylation sites is 1. The lowest BCUT2D eigenvalue weighted by atomic mass is 10.2. The van der Waals surface area contributed by atoms with Gasteiger partial charge >= 0.3 is 0 Å². The smallest absolute Gasteiger partial charge is 0.223 e. The summed E-state index contributed by atoms with van der Waals surface area (Å²) in [6, 6.07) is 5.64. The van der Waals surface area contributed by atoms with E-state index >= 15 is 0 Å². The Morgan fingerprint density at radius 1 is 1.53 bits per heavy atom. The second-order valence-corrected chi connectivity index (χ2v) is 3.99. The van der Waals surface area contributed by atoms with Gasteiger partial charge in [-0.25, -0.2) is 0 Å². The molecule has 0 aromatic heterocycles. The molecule has 0 bridgehead atoms. The van der Waals surface area contributed by atoms with Crippen LogP contribution in [0.3, 0.4) is 0 Å². The molecular weight excluding hydrogens is 212 g/mol. The van der Waals surface area contributed by atoms with Gasteiger partial charge < -0.3 is 10.2 Å². The third kappa shape index (κ3) is 1.92. The second kappa shape index (κ2) is 4.11. The molecule has 0 radical (unpaired) electrons. The Balaban J connectivity index is 2.51. The van der Waals surface area contributed by atoms with Crippen molar-refractivity contribution in [3.05, 3.63) is 23.2 Å². The highest BCUT2D eigenvalue weighted by molar-refractivity contribution is 6.34. The molecule has 1 aromatic carbocycles. The van der Waals surface area contributed by atoms with Crippen molar-refractivity contribution in [2.24, 2.45) is 0 Å². The molecule has 1 N–H and O–H groups in total. The molecule has 0 fully saturated rings. The van der Waals surface area contributed by atoms with Crippen LogP contribution in [0.5, 0.6) is 0 Å². The van der Waals surface area contributed by atoms with Crippen LogP contribution in [0.1, 0.15) is 13.3 Å². The molecule has 0 saturated heterocycles. The maximum Gasteiger partial charge on any atom is 0.223 e. The number of carbonyl (C=O) groups excluding carboxylic acids is 1. The van der Waals surface area contributed by atoms with Gasteiger partial charge in [0.15, 0.2) is 0 Å². The molecule has 0 aliphatic carbocycles. The van der Waals surface area contributed by atoms with Gasteiger partial charge in [0.25, 0.3) is 0 Å². The number of anilines is 2. The lowest BCUT2D eigenvalue weighted by Gasteiger charge is -2.21. The molecule has 0 spiro atoms. The standard InChI is InChI=1S/C11H13ClN2O/c1-8(15)14-7-3-6-13-10-5-2-4-9(12)11(10)14/h2,4-5,13H,3,6-7H2,1H3. The third-order valence-corrected chi connectivity index (χ3v) is 2.82. The molecule has 0 unspecified atom stereocenters. The number of amides is 1. The van der Waals surface area contributed by atoms with E-state index in [1.807, 2.05) is 18.2 Å². The Labute approximate surface area is 94.0 Å². The normalized spacial score (nSPS) is 15.2. The molecule has 0 saturated carbocycles. The monoisotopic (exact) mass is 224 g/mol. The predicted octanol–water partition coefficient (Wildman–Crippen LogP) is 2.51. The quantitative estimate of drug-likeness (QED) is 0.735. The molecule has 80 valence electrons. The van der Waals surface area contributed by atoms with Crippen molar-refractivity contribution >= 4 is 28.9 Å². The molecular formula is C11H13ClN2O. The van der Waals surface area contributed by atoms with Crippen molar-refractivity contribution < 1.29 is 4.79 Å². The fourth-order valence-electron chi connectivity index (χ4n) is 1.82. The Bertz CT molecular complexity index is 392. The molecule has 1 aliphatic rings. The zero-order chi connectivity index (χ0) is 10.8. The van der Waals surface area contributed by atoms with Crippen molar-refractivity contribution in [1.29, 1.82) is 0 Å². The molecule has 1 amide bonds. The predicted molar refractivity (Wildman–Crippen MR) is 62.6 cm³/mol. The maximum absolute atomic E-state index is 11.5. The number of benzene rings is 1. The van der Waals surface area contributed by atoms with E-state index in [1.54, 1.807) is 11.8 Å². The molecule has 0 atom stereocenters. The van der Waals surface area contributed by atoms with E-state index in [2.05, 4.69) is 5.32 Å². The van der Waals surface area contributed by atoms with Crippen LogP contribution in [-0.4, -0.2) is 19.0 Å². The summed E-state index contributed by atoms with van der Waals surface area (Å²) in [6.45, 7) is 3.16. The van der Waals surface area contributed by atoms with E-state index in [0.717, 1.165) is 30.9 Å². The van der Waals surface area contributed by atoms with E-state index < -0.39 is 0 Å². The molecule has 1 aromatic rings. The summed E-state index contributed by atoms with van der Waals surface area (Å²) in [4.78, 5) is 13.2. The first-order valence-electron chi connectivity index (χ1n) is 5.00. The molecule has 1 heterocycles. The number of hydrogen-bond donors (Lipinski definition) is 1. The first-order chi connectivity index (χ1) is 7.20. The van der Waals surface area contributed by atoms with E-state index in [1.165, 1.54) is 0 Å². The number of rotatable bonds is 0. The van der Waals surface area contributed by atoms with Crippen LogP contribution in [0.2, 0.25) is 5.02 Å². The Kier molecular flexibility index (Phi) is 2.82. The summed E-state index contributed by atoms with van der Waals surface area (Å²) in [7, 11) is 0. The number of hydrogen-bond acceptors (Lipinski definition) is 2. The number of nitrogens with one attached hydrogen (secondary N) is 1. The average Bonchev–Trinajstić information content (AvgIpc) is 2.40. The maximum atomic E-state index is 11.5. The van der Waals surface area contributed by atoms with Crippen LogP contribution in [0.25, 0.3) is 0 Å². The van der Waals surface area contributed by atoms with Crippen LogP contribution in [0.15, 0.2) is 18.2 Å². The zero-order valence-electron chi connectivity index (χ0n) is 8.59. The lowest BCUT2D eigenvalue weighted by molar-refractivity contribution is -0.116. The zero-order valence-corrected chi connectivity index (χ0v) is 9.34. The van der Waals surface area contributed by atoms with E-state index in [-0.39, 0.29) is 5.91 Å². The summed E-state index contributed by atoms with van der Waals surface area (Å²) in [5.41, 5.74) is 1.75. The van der Waals surface area contributed by atoms with Crippen molar-refractivity contribution in [2.75, 3.05) is 23.3 Å². The first-order valence-corrected chi connectivity index (χ1v) is 5.38. The van der Waals surface area contributed by atoms with Gasteiger partial charge in [-0.15, -0.1) is 0 Å². The van der Waals surface area contributed by atoms with Crippen LogP contribution < -0.4 is 10.2 Å². The molecule has 2 rings (SSSR count). The highest BCUT2D eigenvalue weighted by Crippen LogP contribution is 2.35. The van der Waals surface area contributed by atoms with Gasteiger partial charge in [-0.05, 0) is 18.6 Å². The summed E-state index contributed by atoms with van der Waals surface area (Å²) >= 11 is 6.12. The minimum absolute atomic E-state index is 0.0352. The highest BCUT2D eigenvalue weighted by atomic mass is 35.5. The molecule has 15 heavy (non-hydrogen) atoms. The summed E-state index contributed by atoms with van der Waals surface area (Å²) in [5, 5.41) is 3.89. The van der Waals surface area contributed by atoms with Crippen LogP contribution in [0, 0.1) is 0 Å². The minimum atomic E-state index is 0.0352. The van der Waals surface area contributed by atoms with E-state index in [0.29, 0.717) is 5.02 Å². The number of nitrogens with zero attached hydrogens (tertiary/aromatic N) is 1. The minimum Gasteiger partial charge on any atom is -0.383 e. The first kappa shape index (κ1) is 10.3. The van der Waals surface area contributed by atoms with Crippen LogP contribution in [-0.2, 0) is 4.79 Å². The topological polar surface area (TPSA) is 32.3 Å². The fourth-order valence-corrected chi connectivity index (χ4v) is 2.10. The van der Waals surface area contributed by atoms with Crippen molar-refractivity contribution in [1.82, 2.24) is 0 Å². The number of carbonyl (C=O) groups is 1. The third-order valence-electron chi connectivity index (χ3n) is 2.51. The number of halogens is 1. The summed E-state index contributed by atoms with van der Waals surface area (Å²) < 4.78 is 0. The summed E-state index contributed by atoms with van der Waals surface area (Å²) in [6.07, 6.45) is 0.935. The lowest BCUT2D eigenvalue weighted by Crippen LogP contribution is -2.29. The Morgan fingerprint density at radius 2 is 2.33 bits per heavy atom. The Morgan fingerprint density at radius 3 is 3.07 bits per heavy atom. The number of fused-ring (bicyclic) bond motifs is 1. The van der Waals surface area contributed by atoms with Gasteiger partial charge in [-0.1, -0.05) is 17.7 Å². The van der Waals surface area contributed by atoms with E-state index in [9.17, 15) is 4.79 Å². The van der Waals surface area contributed by atoms with Crippen molar-refractivity contribution in [3.63, 3.8) is 0 Å². The fraction of sp³-hybridized carbons (Fsp3) is 0.364. The van der Waals surface area contributed by atoms with Crippen LogP contribution in [0.4, 0.5) is 11.4 Å². The molecule has 1 aliphatic heterocycles. The van der Waals surface area contributed by atoms with Gasteiger partial charge in [0.1, 0.15) is 0 Å². The van der Waals surface area contributed by atoms with Gasteiger partial charge in [0.05, 0.1) is 16.4 Å². The average molecular weight is 225 g/mol. The van der Waals surface area contributed by atoms with Gasteiger partial charge in [0.2, 0.25) is 5.91 Å². The van der Waals surface area contributed by atoms with Crippen LogP contribution >= 0.6 is 11.6 Å². The second-order valence-electron chi connectivity index (χ2n) is 3.59.